The summed E-state index contributed by atoms with van der Waals surface area (Å²) in [4.78, 5) is 0. The molecule has 0 aromatic heterocycles. The highest BCUT2D eigenvalue weighted by Gasteiger charge is 2.24. The highest BCUT2D eigenvalue weighted by atomic mass is 16.5. The summed E-state index contributed by atoms with van der Waals surface area (Å²) in [6.45, 7) is 5.39. The number of methoxy groups -OCH3 is 1. The lowest BCUT2D eigenvalue weighted by molar-refractivity contribution is 0.411. The topological polar surface area (TPSA) is 31.2 Å². The van der Waals surface area contributed by atoms with Crippen molar-refractivity contribution in [3.63, 3.8) is 0 Å². The van der Waals surface area contributed by atoms with Gasteiger partial charge in [0.25, 0.3) is 0 Å². The first kappa shape index (κ1) is 8.57. The molecule has 1 fully saturated rings. The van der Waals surface area contributed by atoms with Crippen LogP contribution in [0.5, 0.6) is 5.75 Å². The number of nitrogens with one attached hydrogen (secondary N) is 1. The van der Waals surface area contributed by atoms with Crippen molar-refractivity contribution in [3.05, 3.63) is 28.8 Å². The van der Waals surface area contributed by atoms with E-state index in [1.807, 2.05) is 0 Å². The maximum absolute atomic E-state index is 5.26. The van der Waals surface area contributed by atoms with E-state index in [0.29, 0.717) is 6.04 Å². The van der Waals surface area contributed by atoms with Crippen molar-refractivity contribution in [1.29, 1.82) is 0 Å². The van der Waals surface area contributed by atoms with Crippen molar-refractivity contribution >= 4 is 0 Å². The average Bonchev–Trinajstić information content (AvgIpc) is 2.93. The van der Waals surface area contributed by atoms with Crippen LogP contribution in [0, 0.1) is 13.8 Å². The monoisotopic (exact) mass is 177 g/mol. The molecule has 0 saturated carbocycles. The average molecular weight is 177 g/mol. The molecule has 0 amide bonds. The summed E-state index contributed by atoms with van der Waals surface area (Å²) in [5.74, 6) is 0.988. The fourth-order valence-electron chi connectivity index (χ4n) is 1.69. The molecule has 0 spiro atoms. The van der Waals surface area contributed by atoms with Crippen LogP contribution in [0.4, 0.5) is 0 Å². The maximum atomic E-state index is 5.26. The van der Waals surface area contributed by atoms with Gasteiger partial charge in [0.2, 0.25) is 0 Å². The van der Waals surface area contributed by atoms with E-state index in [2.05, 4.69) is 31.3 Å². The standard InChI is InChI=1S/C11H15NO/c1-7-8(2)11(13-3)5-4-9(7)10-6-12-10/h4-5,10,12H,6H2,1-3H3/t10-/m1/s1. The van der Waals surface area contributed by atoms with Gasteiger partial charge >= 0.3 is 0 Å². The first-order valence-electron chi connectivity index (χ1n) is 4.61. The molecule has 1 heterocycles. The summed E-state index contributed by atoms with van der Waals surface area (Å²) in [7, 11) is 1.72. The molecular formula is C11H15NO. The molecule has 70 valence electrons. The van der Waals surface area contributed by atoms with Gasteiger partial charge < -0.3 is 10.1 Å². The number of rotatable bonds is 2. The van der Waals surface area contributed by atoms with E-state index >= 15 is 0 Å². The fraction of sp³-hybridized carbons (Fsp3) is 0.455. The normalized spacial score (nSPS) is 20.1. The Morgan fingerprint density at radius 1 is 1.31 bits per heavy atom. The second-order valence-corrected chi connectivity index (χ2v) is 3.57. The van der Waals surface area contributed by atoms with Crippen molar-refractivity contribution < 1.29 is 4.74 Å². The zero-order chi connectivity index (χ0) is 9.42. The SMILES string of the molecule is COc1ccc([C@H]2CN2)c(C)c1C. The summed E-state index contributed by atoms with van der Waals surface area (Å²) >= 11 is 0. The van der Waals surface area contributed by atoms with E-state index in [9.17, 15) is 0 Å². The Balaban J connectivity index is 2.44. The minimum absolute atomic E-state index is 0.588. The molecule has 1 N–H and O–H groups in total. The molecule has 1 aliphatic rings. The van der Waals surface area contributed by atoms with Crippen LogP contribution in [0.25, 0.3) is 0 Å². The van der Waals surface area contributed by atoms with Gasteiger partial charge in [-0.15, -0.1) is 0 Å². The lowest BCUT2D eigenvalue weighted by atomic mass is 10.0. The van der Waals surface area contributed by atoms with Gasteiger partial charge in [-0.25, -0.2) is 0 Å². The number of ether oxygens (including phenoxy) is 1. The third-order valence-electron chi connectivity index (χ3n) is 2.78. The molecule has 1 aromatic rings. The van der Waals surface area contributed by atoms with Gasteiger partial charge in [0, 0.05) is 12.6 Å². The predicted octanol–water partition coefficient (Wildman–Crippen LogP) is 1.96. The van der Waals surface area contributed by atoms with Gasteiger partial charge in [-0.1, -0.05) is 6.07 Å². The third kappa shape index (κ3) is 1.42. The van der Waals surface area contributed by atoms with E-state index in [1.54, 1.807) is 7.11 Å². The lowest BCUT2D eigenvalue weighted by Crippen LogP contribution is -1.95. The first-order chi connectivity index (χ1) is 6.24. The van der Waals surface area contributed by atoms with Crippen LogP contribution in [-0.2, 0) is 0 Å². The fourth-order valence-corrected chi connectivity index (χ4v) is 1.69. The Kier molecular flexibility index (Phi) is 2.00. The van der Waals surface area contributed by atoms with Crippen LogP contribution >= 0.6 is 0 Å². The highest BCUT2D eigenvalue weighted by molar-refractivity contribution is 5.45. The molecule has 2 nitrogen and oxygen atoms in total. The lowest BCUT2D eigenvalue weighted by Gasteiger charge is -2.11. The van der Waals surface area contributed by atoms with E-state index in [-0.39, 0.29) is 0 Å². The minimum atomic E-state index is 0.588. The van der Waals surface area contributed by atoms with Gasteiger partial charge in [0.15, 0.2) is 0 Å². The van der Waals surface area contributed by atoms with E-state index in [0.717, 1.165) is 12.3 Å². The number of hydrogen-bond acceptors (Lipinski definition) is 2. The molecule has 0 bridgehead atoms. The number of hydrogen-bond donors (Lipinski definition) is 1. The molecule has 1 aromatic carbocycles. The summed E-state index contributed by atoms with van der Waals surface area (Å²) in [6, 6.07) is 4.80. The van der Waals surface area contributed by atoms with E-state index < -0.39 is 0 Å². The van der Waals surface area contributed by atoms with Crippen molar-refractivity contribution in [3.8, 4) is 5.75 Å². The van der Waals surface area contributed by atoms with Crippen LogP contribution in [0.1, 0.15) is 22.7 Å². The molecule has 1 saturated heterocycles. The molecular weight excluding hydrogens is 162 g/mol. The van der Waals surface area contributed by atoms with Crippen molar-refractivity contribution in [2.24, 2.45) is 0 Å². The van der Waals surface area contributed by atoms with Crippen molar-refractivity contribution in [2.75, 3.05) is 13.7 Å². The Morgan fingerprint density at radius 2 is 2.00 bits per heavy atom. The maximum Gasteiger partial charge on any atom is 0.122 e. The predicted molar refractivity (Wildman–Crippen MR) is 53.2 cm³/mol. The van der Waals surface area contributed by atoms with Gasteiger partial charge in [-0.2, -0.15) is 0 Å². The summed E-state index contributed by atoms with van der Waals surface area (Å²) in [6.07, 6.45) is 0. The Labute approximate surface area is 78.9 Å². The first-order valence-corrected chi connectivity index (χ1v) is 4.61. The van der Waals surface area contributed by atoms with Crippen molar-refractivity contribution in [1.82, 2.24) is 5.32 Å². The van der Waals surface area contributed by atoms with E-state index in [4.69, 9.17) is 4.74 Å². The van der Waals surface area contributed by atoms with Crippen LogP contribution in [-0.4, -0.2) is 13.7 Å². The Hall–Kier alpha value is -1.02. The molecule has 13 heavy (non-hydrogen) atoms. The molecule has 1 atom stereocenters. The van der Waals surface area contributed by atoms with Crippen LogP contribution < -0.4 is 10.1 Å². The summed E-state index contributed by atoms with van der Waals surface area (Å²) in [5, 5.41) is 3.32. The third-order valence-corrected chi connectivity index (χ3v) is 2.78. The Morgan fingerprint density at radius 3 is 2.54 bits per heavy atom. The van der Waals surface area contributed by atoms with Crippen LogP contribution in [0.2, 0.25) is 0 Å². The van der Waals surface area contributed by atoms with Crippen molar-refractivity contribution in [2.45, 2.75) is 19.9 Å². The van der Waals surface area contributed by atoms with Gasteiger partial charge in [0.05, 0.1) is 7.11 Å². The molecule has 0 unspecified atom stereocenters. The zero-order valence-corrected chi connectivity index (χ0v) is 8.35. The van der Waals surface area contributed by atoms with Crippen LogP contribution in [0.3, 0.4) is 0 Å². The molecule has 2 rings (SSSR count). The Bertz CT molecular complexity index is 329. The van der Waals surface area contributed by atoms with Gasteiger partial charge in [-0.3, -0.25) is 0 Å². The van der Waals surface area contributed by atoms with Gasteiger partial charge in [0.1, 0.15) is 5.75 Å². The summed E-state index contributed by atoms with van der Waals surface area (Å²) in [5.41, 5.74) is 4.03. The molecule has 1 aliphatic heterocycles. The second-order valence-electron chi connectivity index (χ2n) is 3.57. The number of benzene rings is 1. The molecule has 2 heteroatoms. The molecule has 0 radical (unpaired) electrons. The minimum Gasteiger partial charge on any atom is -0.496 e. The molecule has 0 aliphatic carbocycles. The highest BCUT2D eigenvalue weighted by Crippen LogP contribution is 2.31. The quantitative estimate of drug-likeness (QED) is 0.700. The second kappa shape index (κ2) is 3.04. The van der Waals surface area contributed by atoms with Crippen LogP contribution in [0.15, 0.2) is 12.1 Å². The smallest absolute Gasteiger partial charge is 0.122 e. The summed E-state index contributed by atoms with van der Waals surface area (Å²) < 4.78 is 5.26. The van der Waals surface area contributed by atoms with E-state index in [1.165, 1.54) is 16.7 Å². The van der Waals surface area contributed by atoms with Gasteiger partial charge in [-0.05, 0) is 36.6 Å². The zero-order valence-electron chi connectivity index (χ0n) is 8.35. The largest absolute Gasteiger partial charge is 0.496 e.